The van der Waals surface area contributed by atoms with E-state index in [1.54, 1.807) is 14.0 Å². The molecule has 3 N–H and O–H groups in total. The van der Waals surface area contributed by atoms with Crippen LogP contribution in [-0.2, 0) is 0 Å². The van der Waals surface area contributed by atoms with E-state index in [9.17, 15) is 5.11 Å². The van der Waals surface area contributed by atoms with Crippen LogP contribution in [0.3, 0.4) is 0 Å². The van der Waals surface area contributed by atoms with Crippen molar-refractivity contribution in [3.63, 3.8) is 0 Å². The van der Waals surface area contributed by atoms with Gasteiger partial charge in [-0.3, -0.25) is 0 Å². The van der Waals surface area contributed by atoms with E-state index in [2.05, 4.69) is 0 Å². The van der Waals surface area contributed by atoms with Gasteiger partial charge < -0.3 is 20.3 Å². The van der Waals surface area contributed by atoms with E-state index < -0.39 is 6.10 Å². The highest BCUT2D eigenvalue weighted by Crippen LogP contribution is 2.30. The molecule has 4 heteroatoms. The van der Waals surface area contributed by atoms with Crippen molar-refractivity contribution in [1.29, 1.82) is 0 Å². The predicted molar refractivity (Wildman–Crippen MR) is 67.4 cm³/mol. The third-order valence-corrected chi connectivity index (χ3v) is 2.51. The first-order chi connectivity index (χ1) is 8.08. The SMILES string of the molecule is CCOc1cc([C@H](N)CC(C)O)ccc1OC. The Morgan fingerprint density at radius 3 is 2.59 bits per heavy atom. The number of rotatable bonds is 6. The van der Waals surface area contributed by atoms with Crippen molar-refractivity contribution in [2.45, 2.75) is 32.4 Å². The zero-order valence-corrected chi connectivity index (χ0v) is 10.6. The second-order valence-electron chi connectivity index (χ2n) is 4.03. The maximum absolute atomic E-state index is 9.32. The van der Waals surface area contributed by atoms with Gasteiger partial charge in [0.1, 0.15) is 0 Å². The second kappa shape index (κ2) is 6.47. The summed E-state index contributed by atoms with van der Waals surface area (Å²) in [5.74, 6) is 1.38. The van der Waals surface area contributed by atoms with Gasteiger partial charge in [0.05, 0.1) is 19.8 Å². The van der Waals surface area contributed by atoms with Crippen LogP contribution in [-0.4, -0.2) is 24.9 Å². The Hall–Kier alpha value is -1.26. The van der Waals surface area contributed by atoms with E-state index in [0.717, 1.165) is 5.56 Å². The van der Waals surface area contributed by atoms with Crippen LogP contribution in [0, 0.1) is 0 Å². The normalized spacial score (nSPS) is 14.2. The number of methoxy groups -OCH3 is 1. The zero-order valence-electron chi connectivity index (χ0n) is 10.6. The second-order valence-corrected chi connectivity index (χ2v) is 4.03. The maximum atomic E-state index is 9.32. The van der Waals surface area contributed by atoms with Crippen LogP contribution in [0.1, 0.15) is 31.9 Å². The first-order valence-electron chi connectivity index (χ1n) is 5.82. The Kier molecular flexibility index (Phi) is 5.25. The smallest absolute Gasteiger partial charge is 0.161 e. The van der Waals surface area contributed by atoms with Crippen LogP contribution in [0.2, 0.25) is 0 Å². The van der Waals surface area contributed by atoms with E-state index in [4.69, 9.17) is 15.2 Å². The van der Waals surface area contributed by atoms with Crippen molar-refractivity contribution >= 4 is 0 Å². The maximum Gasteiger partial charge on any atom is 0.161 e. The van der Waals surface area contributed by atoms with E-state index >= 15 is 0 Å². The summed E-state index contributed by atoms with van der Waals surface area (Å²) < 4.78 is 10.7. The number of benzene rings is 1. The van der Waals surface area contributed by atoms with Crippen molar-refractivity contribution in [2.75, 3.05) is 13.7 Å². The summed E-state index contributed by atoms with van der Waals surface area (Å²) in [5.41, 5.74) is 6.94. The molecule has 0 aliphatic carbocycles. The highest BCUT2D eigenvalue weighted by atomic mass is 16.5. The fraction of sp³-hybridized carbons (Fsp3) is 0.538. The fourth-order valence-electron chi connectivity index (χ4n) is 1.70. The molecular formula is C13H21NO3. The minimum Gasteiger partial charge on any atom is -0.493 e. The van der Waals surface area contributed by atoms with Gasteiger partial charge in [-0.1, -0.05) is 6.07 Å². The average molecular weight is 239 g/mol. The van der Waals surface area contributed by atoms with Gasteiger partial charge in [-0.2, -0.15) is 0 Å². The molecular weight excluding hydrogens is 218 g/mol. The lowest BCUT2D eigenvalue weighted by atomic mass is 10.0. The first-order valence-corrected chi connectivity index (χ1v) is 5.82. The van der Waals surface area contributed by atoms with Crippen LogP contribution in [0.15, 0.2) is 18.2 Å². The molecule has 0 spiro atoms. The molecule has 0 fully saturated rings. The molecule has 0 bridgehead atoms. The Labute approximate surface area is 102 Å². The number of nitrogens with two attached hydrogens (primary N) is 1. The quantitative estimate of drug-likeness (QED) is 0.795. The molecule has 1 rings (SSSR count). The van der Waals surface area contributed by atoms with Gasteiger partial charge in [-0.25, -0.2) is 0 Å². The number of hydrogen-bond acceptors (Lipinski definition) is 4. The largest absolute Gasteiger partial charge is 0.493 e. The monoisotopic (exact) mass is 239 g/mol. The van der Waals surface area contributed by atoms with Gasteiger partial charge in [0.15, 0.2) is 11.5 Å². The average Bonchev–Trinajstić information content (AvgIpc) is 2.28. The Balaban J connectivity index is 2.90. The topological polar surface area (TPSA) is 64.7 Å². The molecule has 1 aromatic carbocycles. The number of hydrogen-bond donors (Lipinski definition) is 2. The van der Waals surface area contributed by atoms with Crippen LogP contribution in [0.4, 0.5) is 0 Å². The van der Waals surface area contributed by atoms with Crippen molar-refractivity contribution in [3.8, 4) is 11.5 Å². The van der Waals surface area contributed by atoms with E-state index in [0.29, 0.717) is 24.5 Å². The van der Waals surface area contributed by atoms with Crippen molar-refractivity contribution < 1.29 is 14.6 Å². The van der Waals surface area contributed by atoms with Gasteiger partial charge in [-0.15, -0.1) is 0 Å². The Morgan fingerprint density at radius 2 is 2.06 bits per heavy atom. The molecule has 0 saturated carbocycles. The third kappa shape index (κ3) is 3.91. The van der Waals surface area contributed by atoms with Crippen molar-refractivity contribution in [1.82, 2.24) is 0 Å². The summed E-state index contributed by atoms with van der Waals surface area (Å²) >= 11 is 0. The highest BCUT2D eigenvalue weighted by molar-refractivity contribution is 5.43. The predicted octanol–water partition coefficient (Wildman–Crippen LogP) is 1.86. The zero-order chi connectivity index (χ0) is 12.8. The van der Waals surface area contributed by atoms with E-state index in [-0.39, 0.29) is 6.04 Å². The summed E-state index contributed by atoms with van der Waals surface area (Å²) in [5, 5.41) is 9.32. The van der Waals surface area contributed by atoms with Crippen LogP contribution in [0.25, 0.3) is 0 Å². The van der Waals surface area contributed by atoms with Gasteiger partial charge in [-0.05, 0) is 38.0 Å². The van der Waals surface area contributed by atoms with Crippen LogP contribution in [0.5, 0.6) is 11.5 Å². The summed E-state index contributed by atoms with van der Waals surface area (Å²) in [6.07, 6.45) is 0.111. The number of ether oxygens (including phenoxy) is 2. The van der Waals surface area contributed by atoms with E-state index in [1.807, 2.05) is 25.1 Å². The summed E-state index contributed by atoms with van der Waals surface area (Å²) in [6, 6.07) is 5.41. The van der Waals surface area contributed by atoms with Crippen molar-refractivity contribution in [3.05, 3.63) is 23.8 Å². The lowest BCUT2D eigenvalue weighted by molar-refractivity contribution is 0.175. The van der Waals surface area contributed by atoms with Crippen molar-refractivity contribution in [2.24, 2.45) is 5.73 Å². The van der Waals surface area contributed by atoms with Gasteiger partial charge in [0.25, 0.3) is 0 Å². The molecule has 0 amide bonds. The molecule has 17 heavy (non-hydrogen) atoms. The van der Waals surface area contributed by atoms with Gasteiger partial charge in [0, 0.05) is 6.04 Å². The third-order valence-electron chi connectivity index (χ3n) is 2.51. The summed E-state index contributed by atoms with van der Waals surface area (Å²) in [7, 11) is 1.60. The van der Waals surface area contributed by atoms with E-state index in [1.165, 1.54) is 0 Å². The summed E-state index contributed by atoms with van der Waals surface area (Å²) in [6.45, 7) is 4.22. The molecule has 0 aliphatic heterocycles. The molecule has 0 saturated heterocycles. The molecule has 4 nitrogen and oxygen atoms in total. The highest BCUT2D eigenvalue weighted by Gasteiger charge is 2.12. The minimum atomic E-state index is -0.414. The molecule has 0 radical (unpaired) electrons. The van der Waals surface area contributed by atoms with Crippen LogP contribution < -0.4 is 15.2 Å². The lowest BCUT2D eigenvalue weighted by Crippen LogP contribution is -2.16. The molecule has 0 aromatic heterocycles. The minimum absolute atomic E-state index is 0.194. The Morgan fingerprint density at radius 1 is 1.35 bits per heavy atom. The van der Waals surface area contributed by atoms with Gasteiger partial charge in [0.2, 0.25) is 0 Å². The number of aliphatic hydroxyl groups excluding tert-OH is 1. The molecule has 0 aliphatic rings. The lowest BCUT2D eigenvalue weighted by Gasteiger charge is -2.16. The van der Waals surface area contributed by atoms with Gasteiger partial charge >= 0.3 is 0 Å². The Bertz CT molecular complexity index is 353. The molecule has 2 atom stereocenters. The molecule has 96 valence electrons. The molecule has 1 unspecified atom stereocenters. The first kappa shape index (κ1) is 13.8. The standard InChI is InChI=1S/C13H21NO3/c1-4-17-13-8-10(5-6-12(13)16-3)11(14)7-9(2)15/h5-6,8-9,11,15H,4,7,14H2,1-3H3/t9?,11-/m1/s1. The summed E-state index contributed by atoms with van der Waals surface area (Å²) in [4.78, 5) is 0. The number of aliphatic hydroxyl groups is 1. The molecule has 1 aromatic rings. The van der Waals surface area contributed by atoms with Crippen LogP contribution >= 0.6 is 0 Å². The molecule has 0 heterocycles. The fourth-order valence-corrected chi connectivity index (χ4v) is 1.70.